The van der Waals surface area contributed by atoms with E-state index in [0.717, 1.165) is 32.7 Å². The molecule has 0 saturated heterocycles. The zero-order valence-corrected chi connectivity index (χ0v) is 17.5. The summed E-state index contributed by atoms with van der Waals surface area (Å²) >= 11 is 1.50. The van der Waals surface area contributed by atoms with E-state index in [1.165, 1.54) is 11.3 Å². The zero-order chi connectivity index (χ0) is 20.4. The lowest BCUT2D eigenvalue weighted by molar-refractivity contribution is 0.0985. The van der Waals surface area contributed by atoms with Crippen LogP contribution in [-0.2, 0) is 6.54 Å². The number of nitrogens with zero attached hydrogens (tertiary/aromatic N) is 2. The molecule has 4 aromatic rings. The fraction of sp³-hybridized carbons (Fsp3) is 0.167. The number of carbonyl (C=O) groups is 1. The van der Waals surface area contributed by atoms with Crippen molar-refractivity contribution in [2.45, 2.75) is 20.4 Å². The highest BCUT2D eigenvalue weighted by atomic mass is 32.1. The van der Waals surface area contributed by atoms with Gasteiger partial charge in [0.15, 0.2) is 5.13 Å². The Kier molecular flexibility index (Phi) is 5.32. The molecule has 1 amide bonds. The van der Waals surface area contributed by atoms with Crippen molar-refractivity contribution in [3.05, 3.63) is 89.0 Å². The average Bonchev–Trinajstić information content (AvgIpc) is 3.14. The summed E-state index contributed by atoms with van der Waals surface area (Å²) in [6, 6.07) is 21.7. The van der Waals surface area contributed by atoms with Gasteiger partial charge in [0.2, 0.25) is 0 Å². The second kappa shape index (κ2) is 8.05. The average molecular weight is 403 g/mol. The van der Waals surface area contributed by atoms with Gasteiger partial charge in [-0.3, -0.25) is 9.69 Å². The second-order valence-corrected chi connectivity index (χ2v) is 8.09. The Labute approximate surface area is 174 Å². The van der Waals surface area contributed by atoms with Gasteiger partial charge in [-0.15, -0.1) is 0 Å². The number of hydrogen-bond donors (Lipinski definition) is 0. The summed E-state index contributed by atoms with van der Waals surface area (Å²) in [6.45, 7) is 4.48. The predicted octanol–water partition coefficient (Wildman–Crippen LogP) is 5.77. The van der Waals surface area contributed by atoms with Crippen molar-refractivity contribution in [2.24, 2.45) is 0 Å². The summed E-state index contributed by atoms with van der Waals surface area (Å²) in [5.41, 5.74) is 4.73. The molecule has 1 aromatic heterocycles. The van der Waals surface area contributed by atoms with Gasteiger partial charge in [0.1, 0.15) is 5.75 Å². The van der Waals surface area contributed by atoms with Gasteiger partial charge in [-0.1, -0.05) is 58.9 Å². The van der Waals surface area contributed by atoms with Crippen molar-refractivity contribution in [3.8, 4) is 5.75 Å². The van der Waals surface area contributed by atoms with E-state index in [4.69, 9.17) is 9.72 Å². The fourth-order valence-corrected chi connectivity index (χ4v) is 4.37. The number of amides is 1. The van der Waals surface area contributed by atoms with Gasteiger partial charge in [-0.25, -0.2) is 4.98 Å². The van der Waals surface area contributed by atoms with Crippen molar-refractivity contribution < 1.29 is 9.53 Å². The lowest BCUT2D eigenvalue weighted by Crippen LogP contribution is -2.30. The van der Waals surface area contributed by atoms with E-state index in [-0.39, 0.29) is 5.91 Å². The van der Waals surface area contributed by atoms with Crippen LogP contribution in [0.15, 0.2) is 66.7 Å². The molecule has 3 aromatic carbocycles. The van der Waals surface area contributed by atoms with Crippen molar-refractivity contribution in [1.29, 1.82) is 0 Å². The third-order valence-electron chi connectivity index (χ3n) is 4.71. The van der Waals surface area contributed by atoms with Crippen LogP contribution < -0.4 is 9.64 Å². The van der Waals surface area contributed by atoms with Crippen molar-refractivity contribution >= 4 is 32.6 Å². The Hall–Kier alpha value is -3.18. The van der Waals surface area contributed by atoms with Crippen LogP contribution in [0.5, 0.6) is 5.75 Å². The topological polar surface area (TPSA) is 42.4 Å². The quantitative estimate of drug-likeness (QED) is 0.426. The van der Waals surface area contributed by atoms with Gasteiger partial charge < -0.3 is 4.74 Å². The number of benzene rings is 3. The molecule has 4 rings (SSSR count). The van der Waals surface area contributed by atoms with E-state index in [1.54, 1.807) is 12.0 Å². The number of aryl methyl sites for hydroxylation is 2. The van der Waals surface area contributed by atoms with E-state index in [1.807, 2.05) is 74.5 Å². The number of aromatic nitrogens is 1. The second-order valence-electron chi connectivity index (χ2n) is 7.08. The molecule has 0 fully saturated rings. The number of ether oxygens (including phenoxy) is 1. The predicted molar refractivity (Wildman–Crippen MR) is 119 cm³/mol. The van der Waals surface area contributed by atoms with Crippen LogP contribution in [-0.4, -0.2) is 18.0 Å². The Morgan fingerprint density at radius 1 is 1.00 bits per heavy atom. The molecule has 0 N–H and O–H groups in total. The third-order valence-corrected chi connectivity index (χ3v) is 5.75. The van der Waals surface area contributed by atoms with E-state index in [2.05, 4.69) is 6.07 Å². The minimum absolute atomic E-state index is 0.0494. The minimum Gasteiger partial charge on any atom is -0.497 e. The number of anilines is 1. The molecule has 29 heavy (non-hydrogen) atoms. The lowest BCUT2D eigenvalue weighted by atomic mass is 10.1. The van der Waals surface area contributed by atoms with Crippen LogP contribution in [0.25, 0.3) is 10.2 Å². The van der Waals surface area contributed by atoms with E-state index < -0.39 is 0 Å². The maximum Gasteiger partial charge on any atom is 0.260 e. The van der Waals surface area contributed by atoms with Crippen LogP contribution in [0.1, 0.15) is 27.0 Å². The van der Waals surface area contributed by atoms with Crippen molar-refractivity contribution in [1.82, 2.24) is 4.98 Å². The number of carbonyl (C=O) groups excluding carboxylic acids is 1. The normalized spacial score (nSPS) is 10.9. The lowest BCUT2D eigenvalue weighted by Gasteiger charge is -2.20. The van der Waals surface area contributed by atoms with E-state index in [0.29, 0.717) is 17.2 Å². The first kappa shape index (κ1) is 19.2. The highest BCUT2D eigenvalue weighted by Crippen LogP contribution is 2.33. The number of hydrogen-bond acceptors (Lipinski definition) is 4. The molecule has 5 heteroatoms. The molecule has 0 aliphatic carbocycles. The molecule has 0 aliphatic rings. The van der Waals surface area contributed by atoms with Crippen LogP contribution in [0, 0.1) is 13.8 Å². The van der Waals surface area contributed by atoms with Gasteiger partial charge in [-0.05, 0) is 49.7 Å². The maximum atomic E-state index is 13.5. The molecular weight excluding hydrogens is 380 g/mol. The minimum atomic E-state index is -0.0494. The molecule has 0 unspecified atom stereocenters. The summed E-state index contributed by atoms with van der Waals surface area (Å²) in [5, 5.41) is 0.682. The standard InChI is InChI=1S/C24H22N2O2S/c1-16-11-17(2)13-19(12-16)23(27)26(15-18-7-5-4-6-8-18)24-25-21-10-9-20(28-3)14-22(21)29-24/h4-14H,15H2,1-3H3. The van der Waals surface area contributed by atoms with Crippen LogP contribution in [0.3, 0.4) is 0 Å². The number of rotatable bonds is 5. The van der Waals surface area contributed by atoms with E-state index in [9.17, 15) is 4.79 Å². The molecule has 4 nitrogen and oxygen atoms in total. The van der Waals surface area contributed by atoms with Gasteiger partial charge in [0.05, 0.1) is 23.9 Å². The first-order chi connectivity index (χ1) is 14.0. The Morgan fingerprint density at radius 3 is 2.41 bits per heavy atom. The van der Waals surface area contributed by atoms with Gasteiger partial charge >= 0.3 is 0 Å². The van der Waals surface area contributed by atoms with Crippen molar-refractivity contribution in [2.75, 3.05) is 12.0 Å². The molecule has 0 radical (unpaired) electrons. The molecule has 0 atom stereocenters. The highest BCUT2D eigenvalue weighted by molar-refractivity contribution is 7.22. The molecule has 146 valence electrons. The van der Waals surface area contributed by atoms with Crippen LogP contribution >= 0.6 is 11.3 Å². The SMILES string of the molecule is COc1ccc2nc(N(Cc3ccccc3)C(=O)c3cc(C)cc(C)c3)sc2c1. The Bertz CT molecular complexity index is 1150. The van der Waals surface area contributed by atoms with Gasteiger partial charge in [-0.2, -0.15) is 0 Å². The summed E-state index contributed by atoms with van der Waals surface area (Å²) in [5.74, 6) is 0.731. The Balaban J connectivity index is 1.78. The summed E-state index contributed by atoms with van der Waals surface area (Å²) < 4.78 is 6.32. The number of methoxy groups -OCH3 is 1. The summed E-state index contributed by atoms with van der Waals surface area (Å²) in [4.78, 5) is 20.0. The monoisotopic (exact) mass is 402 g/mol. The Morgan fingerprint density at radius 2 is 1.72 bits per heavy atom. The van der Waals surface area contributed by atoms with Crippen LogP contribution in [0.4, 0.5) is 5.13 Å². The summed E-state index contributed by atoms with van der Waals surface area (Å²) in [7, 11) is 1.65. The van der Waals surface area contributed by atoms with Gasteiger partial charge in [0, 0.05) is 5.56 Å². The molecule has 0 aliphatic heterocycles. The smallest absolute Gasteiger partial charge is 0.260 e. The van der Waals surface area contributed by atoms with E-state index >= 15 is 0 Å². The largest absolute Gasteiger partial charge is 0.497 e. The molecular formula is C24H22N2O2S. The summed E-state index contributed by atoms with van der Waals surface area (Å²) in [6.07, 6.45) is 0. The van der Waals surface area contributed by atoms with Gasteiger partial charge in [0.25, 0.3) is 5.91 Å². The third kappa shape index (κ3) is 4.15. The number of thiazole rings is 1. The molecule has 0 spiro atoms. The molecule has 0 saturated carbocycles. The maximum absolute atomic E-state index is 13.5. The highest BCUT2D eigenvalue weighted by Gasteiger charge is 2.22. The first-order valence-electron chi connectivity index (χ1n) is 9.42. The molecule has 0 bridgehead atoms. The fourth-order valence-electron chi connectivity index (χ4n) is 3.38. The number of fused-ring (bicyclic) bond motifs is 1. The first-order valence-corrected chi connectivity index (χ1v) is 10.2. The van der Waals surface area contributed by atoms with Crippen molar-refractivity contribution in [3.63, 3.8) is 0 Å². The van der Waals surface area contributed by atoms with Crippen LogP contribution in [0.2, 0.25) is 0 Å². The zero-order valence-electron chi connectivity index (χ0n) is 16.7. The molecule has 1 heterocycles.